The molecular formula is C14H10Br2FNO2. The van der Waals surface area contributed by atoms with Gasteiger partial charge in [0.15, 0.2) is 0 Å². The lowest BCUT2D eigenvalue weighted by Gasteiger charge is -2.09. The molecule has 0 aromatic heterocycles. The van der Waals surface area contributed by atoms with Gasteiger partial charge in [0.2, 0.25) is 0 Å². The summed E-state index contributed by atoms with van der Waals surface area (Å²) in [6, 6.07) is 9.72. The van der Waals surface area contributed by atoms with Gasteiger partial charge in [-0.1, -0.05) is 6.07 Å². The molecule has 2 aromatic carbocycles. The Balaban J connectivity index is 2.12. The van der Waals surface area contributed by atoms with E-state index in [-0.39, 0.29) is 5.56 Å². The Hall–Kier alpha value is -1.40. The van der Waals surface area contributed by atoms with Gasteiger partial charge in [0, 0.05) is 21.2 Å². The van der Waals surface area contributed by atoms with Crippen molar-refractivity contribution in [3.8, 4) is 0 Å². The first-order chi connectivity index (χ1) is 9.47. The maximum absolute atomic E-state index is 13.3. The summed E-state index contributed by atoms with van der Waals surface area (Å²) < 4.78 is 15.1. The molecule has 0 bridgehead atoms. The number of anilines is 1. The maximum Gasteiger partial charge on any atom is 0.338 e. The normalized spacial score (nSPS) is 10.3. The minimum atomic E-state index is -1.28. The fourth-order valence-corrected chi connectivity index (χ4v) is 2.33. The number of hydrogen-bond donors (Lipinski definition) is 2. The van der Waals surface area contributed by atoms with Crippen LogP contribution in [-0.4, -0.2) is 11.1 Å². The van der Waals surface area contributed by atoms with Gasteiger partial charge in [0.25, 0.3) is 0 Å². The van der Waals surface area contributed by atoms with Crippen LogP contribution in [0.1, 0.15) is 15.9 Å². The molecule has 0 saturated carbocycles. The van der Waals surface area contributed by atoms with E-state index in [0.717, 1.165) is 20.6 Å². The summed E-state index contributed by atoms with van der Waals surface area (Å²) in [6.45, 7) is 0.510. The second-order valence-corrected chi connectivity index (χ2v) is 5.81. The Morgan fingerprint density at radius 1 is 1.15 bits per heavy atom. The number of rotatable bonds is 4. The summed E-state index contributed by atoms with van der Waals surface area (Å²) >= 11 is 6.80. The minimum Gasteiger partial charge on any atom is -0.478 e. The Morgan fingerprint density at radius 2 is 1.90 bits per heavy atom. The van der Waals surface area contributed by atoms with Gasteiger partial charge >= 0.3 is 5.97 Å². The lowest BCUT2D eigenvalue weighted by Crippen LogP contribution is -2.04. The van der Waals surface area contributed by atoms with Crippen LogP contribution < -0.4 is 5.32 Å². The Morgan fingerprint density at radius 3 is 2.55 bits per heavy atom. The number of carboxylic acids is 1. The van der Waals surface area contributed by atoms with E-state index >= 15 is 0 Å². The zero-order chi connectivity index (χ0) is 14.7. The van der Waals surface area contributed by atoms with Gasteiger partial charge in [0.05, 0.1) is 5.56 Å². The van der Waals surface area contributed by atoms with Crippen LogP contribution >= 0.6 is 31.9 Å². The standard InChI is InChI=1S/C14H10Br2FNO2/c15-11-3-1-8(5-12(11)16)7-18-9-2-4-13(17)10(6-9)14(19)20/h1-6,18H,7H2,(H,19,20). The van der Waals surface area contributed by atoms with Crippen LogP contribution in [0.3, 0.4) is 0 Å². The van der Waals surface area contributed by atoms with Crippen LogP contribution in [0, 0.1) is 5.82 Å². The van der Waals surface area contributed by atoms with Crippen molar-refractivity contribution < 1.29 is 14.3 Å². The SMILES string of the molecule is O=C(O)c1cc(NCc2ccc(Br)c(Br)c2)ccc1F. The average molecular weight is 403 g/mol. The van der Waals surface area contributed by atoms with Crippen LogP contribution in [0.4, 0.5) is 10.1 Å². The second kappa shape index (κ2) is 6.37. The van der Waals surface area contributed by atoms with Crippen molar-refractivity contribution in [2.45, 2.75) is 6.54 Å². The third kappa shape index (κ3) is 3.58. The van der Waals surface area contributed by atoms with Gasteiger partial charge in [-0.25, -0.2) is 9.18 Å². The third-order valence-electron chi connectivity index (χ3n) is 2.68. The van der Waals surface area contributed by atoms with E-state index in [9.17, 15) is 9.18 Å². The zero-order valence-electron chi connectivity index (χ0n) is 10.2. The number of carbonyl (C=O) groups is 1. The first-order valence-electron chi connectivity index (χ1n) is 5.68. The van der Waals surface area contributed by atoms with Crippen LogP contribution in [0.5, 0.6) is 0 Å². The number of halogens is 3. The molecule has 2 aromatic rings. The molecule has 0 amide bonds. The van der Waals surface area contributed by atoms with E-state index in [1.165, 1.54) is 12.1 Å². The number of aromatic carboxylic acids is 1. The summed E-state index contributed by atoms with van der Waals surface area (Å²) in [6.07, 6.45) is 0. The smallest absolute Gasteiger partial charge is 0.338 e. The highest BCUT2D eigenvalue weighted by atomic mass is 79.9. The van der Waals surface area contributed by atoms with E-state index in [4.69, 9.17) is 5.11 Å². The predicted molar refractivity (Wildman–Crippen MR) is 82.5 cm³/mol. The van der Waals surface area contributed by atoms with Crippen LogP contribution in [0.15, 0.2) is 45.3 Å². The number of benzene rings is 2. The highest BCUT2D eigenvalue weighted by molar-refractivity contribution is 9.13. The molecule has 0 spiro atoms. The molecule has 0 unspecified atom stereocenters. The quantitative estimate of drug-likeness (QED) is 0.781. The molecule has 0 radical (unpaired) electrons. The lowest BCUT2D eigenvalue weighted by molar-refractivity contribution is 0.0692. The Kier molecular flexibility index (Phi) is 4.77. The van der Waals surface area contributed by atoms with Crippen LogP contribution in [-0.2, 0) is 6.54 Å². The molecular weight excluding hydrogens is 393 g/mol. The van der Waals surface area contributed by atoms with Crippen LogP contribution in [0.2, 0.25) is 0 Å². The number of hydrogen-bond acceptors (Lipinski definition) is 2. The summed E-state index contributed by atoms with van der Waals surface area (Å²) in [4.78, 5) is 10.9. The Bertz CT molecular complexity index is 662. The molecule has 2 rings (SSSR count). The lowest BCUT2D eigenvalue weighted by atomic mass is 10.1. The minimum absolute atomic E-state index is 0.341. The van der Waals surface area contributed by atoms with Crippen molar-refractivity contribution in [1.82, 2.24) is 0 Å². The topological polar surface area (TPSA) is 49.3 Å². The fraction of sp³-hybridized carbons (Fsp3) is 0.0714. The van der Waals surface area contributed by atoms with Crippen molar-refractivity contribution in [3.63, 3.8) is 0 Å². The van der Waals surface area contributed by atoms with Gasteiger partial charge in [-0.05, 0) is 67.8 Å². The molecule has 6 heteroatoms. The van der Waals surface area contributed by atoms with E-state index < -0.39 is 11.8 Å². The Labute approximate surface area is 132 Å². The fourth-order valence-electron chi connectivity index (χ4n) is 1.65. The maximum atomic E-state index is 13.3. The zero-order valence-corrected chi connectivity index (χ0v) is 13.3. The van der Waals surface area contributed by atoms with Crippen LogP contribution in [0.25, 0.3) is 0 Å². The highest BCUT2D eigenvalue weighted by Gasteiger charge is 2.10. The first-order valence-corrected chi connectivity index (χ1v) is 7.26. The van der Waals surface area contributed by atoms with E-state index in [2.05, 4.69) is 37.2 Å². The largest absolute Gasteiger partial charge is 0.478 e. The molecule has 104 valence electrons. The van der Waals surface area contributed by atoms with Gasteiger partial charge in [-0.3, -0.25) is 0 Å². The van der Waals surface area contributed by atoms with Gasteiger partial charge in [0.1, 0.15) is 5.82 Å². The van der Waals surface area contributed by atoms with Crippen molar-refractivity contribution in [2.24, 2.45) is 0 Å². The summed E-state index contributed by atoms with van der Waals surface area (Å²) in [5, 5.41) is 11.9. The molecule has 0 atom stereocenters. The van der Waals surface area contributed by atoms with Crippen molar-refractivity contribution in [2.75, 3.05) is 5.32 Å². The first kappa shape index (κ1) is 15.0. The average Bonchev–Trinajstić information content (AvgIpc) is 2.41. The predicted octanol–water partition coefficient (Wildman–Crippen LogP) is 4.66. The van der Waals surface area contributed by atoms with Crippen molar-refractivity contribution >= 4 is 43.5 Å². The summed E-state index contributed by atoms with van der Waals surface area (Å²) in [5.41, 5.74) is 1.23. The number of nitrogens with one attached hydrogen (secondary N) is 1. The van der Waals surface area contributed by atoms with E-state index in [1.807, 2.05) is 18.2 Å². The summed E-state index contributed by atoms with van der Waals surface area (Å²) in [7, 11) is 0. The monoisotopic (exact) mass is 401 g/mol. The van der Waals surface area contributed by atoms with Crippen molar-refractivity contribution in [3.05, 3.63) is 62.3 Å². The molecule has 3 nitrogen and oxygen atoms in total. The second-order valence-electron chi connectivity index (χ2n) is 4.10. The molecule has 0 aliphatic carbocycles. The van der Waals surface area contributed by atoms with E-state index in [0.29, 0.717) is 12.2 Å². The van der Waals surface area contributed by atoms with Gasteiger partial charge in [-0.15, -0.1) is 0 Å². The molecule has 0 saturated heterocycles. The molecule has 0 heterocycles. The molecule has 0 fully saturated rings. The number of carboxylic acid groups (broad SMARTS) is 1. The van der Waals surface area contributed by atoms with E-state index in [1.54, 1.807) is 0 Å². The van der Waals surface area contributed by atoms with Gasteiger partial charge in [-0.2, -0.15) is 0 Å². The van der Waals surface area contributed by atoms with Gasteiger partial charge < -0.3 is 10.4 Å². The third-order valence-corrected chi connectivity index (χ3v) is 4.56. The molecule has 2 N–H and O–H groups in total. The highest BCUT2D eigenvalue weighted by Crippen LogP contribution is 2.24. The molecule has 20 heavy (non-hydrogen) atoms. The van der Waals surface area contributed by atoms with Crippen molar-refractivity contribution in [1.29, 1.82) is 0 Å². The summed E-state index contributed by atoms with van der Waals surface area (Å²) in [5.74, 6) is -2.02. The molecule has 0 aliphatic rings. The molecule has 0 aliphatic heterocycles.